The summed E-state index contributed by atoms with van der Waals surface area (Å²) in [6.07, 6.45) is 0.0625. The van der Waals surface area contributed by atoms with Gasteiger partial charge in [-0.2, -0.15) is 5.10 Å². The van der Waals surface area contributed by atoms with E-state index < -0.39 is 0 Å². The molecule has 0 amide bonds. The van der Waals surface area contributed by atoms with E-state index in [-0.39, 0.29) is 6.10 Å². The summed E-state index contributed by atoms with van der Waals surface area (Å²) in [4.78, 5) is 4.75. The zero-order chi connectivity index (χ0) is 14.2. The monoisotopic (exact) mass is 300 g/mol. The van der Waals surface area contributed by atoms with Gasteiger partial charge >= 0.3 is 0 Å². The molecule has 21 heavy (non-hydrogen) atoms. The number of rotatable bonds is 2. The minimum absolute atomic E-state index is 0.0625. The maximum Gasteiger partial charge on any atom is 0.124 e. The van der Waals surface area contributed by atoms with Crippen LogP contribution in [0.2, 0.25) is 0 Å². The molecule has 5 nitrogen and oxygen atoms in total. The summed E-state index contributed by atoms with van der Waals surface area (Å²) in [5.41, 5.74) is 3.00. The van der Waals surface area contributed by atoms with Gasteiger partial charge in [0.05, 0.1) is 12.1 Å². The SMILES string of the molecule is Cn1nc(-c2csc(C3CNCCO3)n2)c2ccccc21. The summed E-state index contributed by atoms with van der Waals surface area (Å²) in [5.74, 6) is 0. The Hall–Kier alpha value is -1.76. The van der Waals surface area contributed by atoms with Crippen molar-refractivity contribution in [1.29, 1.82) is 0 Å². The van der Waals surface area contributed by atoms with E-state index in [0.717, 1.165) is 47.0 Å². The van der Waals surface area contributed by atoms with Crippen LogP contribution in [-0.2, 0) is 11.8 Å². The predicted molar refractivity (Wildman–Crippen MR) is 83.4 cm³/mol. The van der Waals surface area contributed by atoms with Crippen molar-refractivity contribution in [3.63, 3.8) is 0 Å². The number of aromatic nitrogens is 3. The summed E-state index contributed by atoms with van der Waals surface area (Å²) >= 11 is 1.64. The van der Waals surface area contributed by atoms with Crippen LogP contribution in [0.1, 0.15) is 11.1 Å². The molecule has 108 valence electrons. The fourth-order valence-corrected chi connectivity index (χ4v) is 3.52. The number of benzene rings is 1. The Morgan fingerprint density at radius 3 is 3.14 bits per heavy atom. The number of morpholine rings is 1. The van der Waals surface area contributed by atoms with Crippen LogP contribution in [0.25, 0.3) is 22.3 Å². The van der Waals surface area contributed by atoms with Crippen molar-refractivity contribution in [2.24, 2.45) is 7.05 Å². The normalized spacial score (nSPS) is 19.2. The first-order chi connectivity index (χ1) is 10.3. The van der Waals surface area contributed by atoms with Crippen molar-refractivity contribution in [2.75, 3.05) is 19.7 Å². The first-order valence-corrected chi connectivity index (χ1v) is 7.91. The Labute approximate surface area is 126 Å². The van der Waals surface area contributed by atoms with Crippen LogP contribution < -0.4 is 5.32 Å². The van der Waals surface area contributed by atoms with Crippen molar-refractivity contribution < 1.29 is 4.74 Å². The number of hydrogen-bond acceptors (Lipinski definition) is 5. The first kappa shape index (κ1) is 12.9. The quantitative estimate of drug-likeness (QED) is 0.789. The number of para-hydroxylation sites is 1. The molecule has 1 aliphatic heterocycles. The number of nitrogens with one attached hydrogen (secondary N) is 1. The van der Waals surface area contributed by atoms with E-state index >= 15 is 0 Å². The van der Waals surface area contributed by atoms with Gasteiger partial charge in [0, 0.05) is 30.9 Å². The van der Waals surface area contributed by atoms with Gasteiger partial charge < -0.3 is 10.1 Å². The van der Waals surface area contributed by atoms with Crippen molar-refractivity contribution in [3.05, 3.63) is 34.7 Å². The fourth-order valence-electron chi connectivity index (χ4n) is 2.67. The number of thiazole rings is 1. The first-order valence-electron chi connectivity index (χ1n) is 7.03. The van der Waals surface area contributed by atoms with Crippen LogP contribution in [0.4, 0.5) is 0 Å². The second-order valence-corrected chi connectivity index (χ2v) is 6.01. The molecule has 1 N–H and O–H groups in total. The van der Waals surface area contributed by atoms with Crippen molar-refractivity contribution in [1.82, 2.24) is 20.1 Å². The average Bonchev–Trinajstić information content (AvgIpc) is 3.14. The van der Waals surface area contributed by atoms with E-state index in [9.17, 15) is 0 Å². The maximum absolute atomic E-state index is 5.77. The van der Waals surface area contributed by atoms with Gasteiger partial charge in [-0.1, -0.05) is 18.2 Å². The molecule has 0 bridgehead atoms. The Bertz CT molecular complexity index is 773. The molecule has 1 unspecified atom stereocenters. The summed E-state index contributed by atoms with van der Waals surface area (Å²) < 4.78 is 7.67. The lowest BCUT2D eigenvalue weighted by Gasteiger charge is -2.21. The maximum atomic E-state index is 5.77. The Morgan fingerprint density at radius 2 is 2.29 bits per heavy atom. The molecule has 3 heterocycles. The van der Waals surface area contributed by atoms with Crippen LogP contribution in [0.5, 0.6) is 0 Å². The summed E-state index contributed by atoms with van der Waals surface area (Å²) in [6.45, 7) is 2.49. The second-order valence-electron chi connectivity index (χ2n) is 5.12. The van der Waals surface area contributed by atoms with Crippen molar-refractivity contribution in [3.8, 4) is 11.4 Å². The smallest absolute Gasteiger partial charge is 0.124 e. The standard InChI is InChI=1S/C15H16N4OS/c1-19-12-5-3-2-4-10(12)14(18-19)11-9-21-15(17-11)13-8-16-6-7-20-13/h2-5,9,13,16H,6-8H2,1H3. The Morgan fingerprint density at radius 1 is 1.38 bits per heavy atom. The van der Waals surface area contributed by atoms with Crippen LogP contribution in [-0.4, -0.2) is 34.5 Å². The Balaban J connectivity index is 1.74. The number of nitrogens with zero attached hydrogens (tertiary/aromatic N) is 3. The van der Waals surface area contributed by atoms with Crippen LogP contribution >= 0.6 is 11.3 Å². The molecule has 1 aromatic carbocycles. The average molecular weight is 300 g/mol. The molecule has 6 heteroatoms. The highest BCUT2D eigenvalue weighted by Gasteiger charge is 2.21. The molecular formula is C15H16N4OS. The molecule has 2 aromatic heterocycles. The van der Waals surface area contributed by atoms with Gasteiger partial charge in [0.1, 0.15) is 22.5 Å². The van der Waals surface area contributed by atoms with Gasteiger partial charge in [-0.05, 0) is 6.07 Å². The predicted octanol–water partition coefficient (Wildman–Crippen LogP) is 2.36. The van der Waals surface area contributed by atoms with Gasteiger partial charge in [-0.15, -0.1) is 11.3 Å². The Kier molecular flexibility index (Phi) is 3.21. The number of aryl methyl sites for hydroxylation is 1. The zero-order valence-electron chi connectivity index (χ0n) is 11.7. The molecule has 1 fully saturated rings. The van der Waals surface area contributed by atoms with E-state index in [2.05, 4.69) is 27.9 Å². The second kappa shape index (κ2) is 5.22. The topological polar surface area (TPSA) is 52.0 Å². The molecule has 0 radical (unpaired) electrons. The van der Waals surface area contributed by atoms with E-state index in [1.807, 2.05) is 23.9 Å². The van der Waals surface area contributed by atoms with Gasteiger partial charge in [-0.3, -0.25) is 4.68 Å². The number of hydrogen-bond donors (Lipinski definition) is 1. The van der Waals surface area contributed by atoms with E-state index in [1.54, 1.807) is 11.3 Å². The van der Waals surface area contributed by atoms with Gasteiger partial charge in [0.2, 0.25) is 0 Å². The molecule has 1 aliphatic rings. The van der Waals surface area contributed by atoms with Gasteiger partial charge in [-0.25, -0.2) is 4.98 Å². The van der Waals surface area contributed by atoms with Crippen LogP contribution in [0.15, 0.2) is 29.6 Å². The highest BCUT2D eigenvalue weighted by Crippen LogP contribution is 2.31. The van der Waals surface area contributed by atoms with E-state index in [0.29, 0.717) is 0 Å². The molecular weight excluding hydrogens is 284 g/mol. The minimum atomic E-state index is 0.0625. The third kappa shape index (κ3) is 2.25. The molecule has 1 atom stereocenters. The lowest BCUT2D eigenvalue weighted by Crippen LogP contribution is -2.33. The molecule has 0 aliphatic carbocycles. The van der Waals surface area contributed by atoms with Gasteiger partial charge in [0.15, 0.2) is 0 Å². The third-order valence-electron chi connectivity index (χ3n) is 3.73. The fraction of sp³-hybridized carbons (Fsp3) is 0.333. The number of ether oxygens (including phenoxy) is 1. The van der Waals surface area contributed by atoms with E-state index in [4.69, 9.17) is 9.72 Å². The lowest BCUT2D eigenvalue weighted by molar-refractivity contribution is 0.0276. The van der Waals surface area contributed by atoms with Crippen LogP contribution in [0, 0.1) is 0 Å². The highest BCUT2D eigenvalue weighted by molar-refractivity contribution is 7.10. The largest absolute Gasteiger partial charge is 0.368 e. The molecule has 1 saturated heterocycles. The van der Waals surface area contributed by atoms with E-state index in [1.165, 1.54) is 0 Å². The minimum Gasteiger partial charge on any atom is -0.368 e. The molecule has 0 saturated carbocycles. The highest BCUT2D eigenvalue weighted by atomic mass is 32.1. The molecule has 0 spiro atoms. The third-order valence-corrected chi connectivity index (χ3v) is 4.66. The summed E-state index contributed by atoms with van der Waals surface area (Å²) in [7, 11) is 1.97. The summed E-state index contributed by atoms with van der Waals surface area (Å²) in [6, 6.07) is 8.24. The molecule has 4 rings (SSSR count). The van der Waals surface area contributed by atoms with Crippen molar-refractivity contribution in [2.45, 2.75) is 6.10 Å². The zero-order valence-corrected chi connectivity index (χ0v) is 12.6. The van der Waals surface area contributed by atoms with Gasteiger partial charge in [0.25, 0.3) is 0 Å². The molecule has 3 aromatic rings. The van der Waals surface area contributed by atoms with Crippen LogP contribution in [0.3, 0.4) is 0 Å². The lowest BCUT2D eigenvalue weighted by atomic mass is 10.2. The summed E-state index contributed by atoms with van der Waals surface area (Å²) in [5, 5.41) is 12.2. The van der Waals surface area contributed by atoms with Crippen molar-refractivity contribution >= 4 is 22.2 Å². The number of fused-ring (bicyclic) bond motifs is 1.